The van der Waals surface area contributed by atoms with Crippen LogP contribution in [0.1, 0.15) is 56.3 Å². The summed E-state index contributed by atoms with van der Waals surface area (Å²) >= 11 is 0. The molecule has 0 fully saturated rings. The maximum atomic E-state index is 13.5. The highest BCUT2D eigenvalue weighted by molar-refractivity contribution is 5.73. The third-order valence-electron chi connectivity index (χ3n) is 5.14. The van der Waals surface area contributed by atoms with E-state index in [1.165, 1.54) is 24.6 Å². The predicted octanol–water partition coefficient (Wildman–Crippen LogP) is 4.07. The zero-order valence-corrected chi connectivity index (χ0v) is 17.9. The van der Waals surface area contributed by atoms with Crippen LogP contribution in [0.5, 0.6) is 0 Å². The highest BCUT2D eigenvalue weighted by Gasteiger charge is 2.23. The van der Waals surface area contributed by atoms with Crippen LogP contribution in [-0.4, -0.2) is 29.7 Å². The molecule has 0 aromatic heterocycles. The van der Waals surface area contributed by atoms with E-state index in [4.69, 9.17) is 0 Å². The molecule has 4 nitrogen and oxygen atoms in total. The van der Waals surface area contributed by atoms with E-state index in [0.717, 1.165) is 30.9 Å². The number of aliphatic hydroxyl groups is 1. The second-order valence-corrected chi connectivity index (χ2v) is 7.70. The Labute approximate surface area is 177 Å². The number of rotatable bonds is 11. The van der Waals surface area contributed by atoms with E-state index in [-0.39, 0.29) is 24.9 Å². The summed E-state index contributed by atoms with van der Waals surface area (Å²) in [5, 5.41) is 16.9. The fourth-order valence-corrected chi connectivity index (χ4v) is 3.64. The van der Waals surface area contributed by atoms with Crippen LogP contribution in [-0.2, 0) is 17.6 Å². The molecule has 0 bridgehead atoms. The summed E-state index contributed by atoms with van der Waals surface area (Å²) in [4.78, 5) is 11.6. The van der Waals surface area contributed by atoms with Gasteiger partial charge in [0.1, 0.15) is 11.6 Å². The molecule has 0 aliphatic carbocycles. The molecule has 0 saturated heterocycles. The van der Waals surface area contributed by atoms with Crippen LogP contribution < -0.4 is 10.6 Å². The Morgan fingerprint density at radius 2 is 1.77 bits per heavy atom. The predicted molar refractivity (Wildman–Crippen MR) is 115 cm³/mol. The molecule has 3 atom stereocenters. The van der Waals surface area contributed by atoms with Gasteiger partial charge in [-0.25, -0.2) is 8.78 Å². The first-order valence-corrected chi connectivity index (χ1v) is 10.5. The molecule has 0 saturated carbocycles. The molecule has 1 unspecified atom stereocenters. The van der Waals surface area contributed by atoms with Crippen LogP contribution >= 0.6 is 0 Å². The fourth-order valence-electron chi connectivity index (χ4n) is 3.64. The van der Waals surface area contributed by atoms with Gasteiger partial charge in [-0.1, -0.05) is 44.5 Å². The quantitative estimate of drug-likeness (QED) is 0.516. The van der Waals surface area contributed by atoms with Gasteiger partial charge in [0.25, 0.3) is 0 Å². The Bertz CT molecular complexity index is 808. The third-order valence-corrected chi connectivity index (χ3v) is 5.14. The second-order valence-electron chi connectivity index (χ2n) is 7.70. The highest BCUT2D eigenvalue weighted by Crippen LogP contribution is 2.20. The van der Waals surface area contributed by atoms with Crippen LogP contribution in [0.2, 0.25) is 0 Å². The van der Waals surface area contributed by atoms with Gasteiger partial charge in [-0.3, -0.25) is 4.79 Å². The molecule has 164 valence electrons. The van der Waals surface area contributed by atoms with Gasteiger partial charge < -0.3 is 15.7 Å². The van der Waals surface area contributed by atoms with Gasteiger partial charge in [-0.15, -0.1) is 0 Å². The topological polar surface area (TPSA) is 61.4 Å². The number of aryl methyl sites for hydroxylation is 1. The van der Waals surface area contributed by atoms with Gasteiger partial charge in [-0.2, -0.15) is 0 Å². The van der Waals surface area contributed by atoms with Gasteiger partial charge in [-0.05, 0) is 48.1 Å². The molecule has 0 aliphatic heterocycles. The minimum atomic E-state index is -0.922. The summed E-state index contributed by atoms with van der Waals surface area (Å²) in [5.41, 5.74) is 2.79. The summed E-state index contributed by atoms with van der Waals surface area (Å²) in [6, 6.07) is 11.0. The first kappa shape index (κ1) is 24.0. The molecular formula is C24H32F2N2O2. The first-order valence-electron chi connectivity index (χ1n) is 10.5. The van der Waals surface area contributed by atoms with E-state index >= 15 is 0 Å². The monoisotopic (exact) mass is 418 g/mol. The summed E-state index contributed by atoms with van der Waals surface area (Å²) in [6.45, 7) is 5.81. The van der Waals surface area contributed by atoms with Crippen molar-refractivity contribution in [3.8, 4) is 0 Å². The van der Waals surface area contributed by atoms with E-state index in [0.29, 0.717) is 5.56 Å². The van der Waals surface area contributed by atoms with Crippen LogP contribution in [0.25, 0.3) is 0 Å². The molecule has 3 N–H and O–H groups in total. The molecule has 0 aliphatic rings. The Hall–Kier alpha value is -2.31. The summed E-state index contributed by atoms with van der Waals surface area (Å²) in [6.07, 6.45) is 2.03. The maximum absolute atomic E-state index is 13.5. The minimum absolute atomic E-state index is 0.0701. The molecule has 6 heteroatoms. The second kappa shape index (κ2) is 11.8. The average molecular weight is 419 g/mol. The summed E-state index contributed by atoms with van der Waals surface area (Å²) < 4.78 is 27.1. The molecule has 0 radical (unpaired) electrons. The van der Waals surface area contributed by atoms with Crippen molar-refractivity contribution in [2.24, 2.45) is 0 Å². The Morgan fingerprint density at radius 1 is 1.07 bits per heavy atom. The number of carbonyl (C=O) groups is 1. The van der Waals surface area contributed by atoms with Crippen molar-refractivity contribution in [1.82, 2.24) is 10.6 Å². The van der Waals surface area contributed by atoms with Crippen molar-refractivity contribution in [3.05, 3.63) is 70.8 Å². The van der Waals surface area contributed by atoms with Gasteiger partial charge in [0, 0.05) is 25.6 Å². The van der Waals surface area contributed by atoms with Crippen LogP contribution in [0.3, 0.4) is 0 Å². The molecular weight excluding hydrogens is 386 g/mol. The number of amides is 1. The molecule has 0 spiro atoms. The summed E-state index contributed by atoms with van der Waals surface area (Å²) in [7, 11) is 0. The zero-order valence-electron chi connectivity index (χ0n) is 17.9. The molecule has 30 heavy (non-hydrogen) atoms. The van der Waals surface area contributed by atoms with Crippen molar-refractivity contribution < 1.29 is 18.7 Å². The smallest absolute Gasteiger partial charge is 0.217 e. The highest BCUT2D eigenvalue weighted by atomic mass is 19.1. The number of carbonyl (C=O) groups excluding carboxylic acids is 1. The van der Waals surface area contributed by atoms with Gasteiger partial charge in [0.2, 0.25) is 5.91 Å². The number of benzene rings is 2. The first-order chi connectivity index (χ1) is 14.3. The van der Waals surface area contributed by atoms with Crippen molar-refractivity contribution >= 4 is 5.91 Å². The fraction of sp³-hybridized carbons (Fsp3) is 0.458. The Balaban J connectivity index is 2.10. The lowest BCUT2D eigenvalue weighted by atomic mass is 9.97. The van der Waals surface area contributed by atoms with Crippen molar-refractivity contribution in [3.63, 3.8) is 0 Å². The van der Waals surface area contributed by atoms with Crippen LogP contribution in [0.4, 0.5) is 8.78 Å². The van der Waals surface area contributed by atoms with E-state index in [9.17, 15) is 18.7 Å². The summed E-state index contributed by atoms with van der Waals surface area (Å²) in [5.74, 6) is -1.67. The van der Waals surface area contributed by atoms with Gasteiger partial charge in [0.15, 0.2) is 0 Å². The average Bonchev–Trinajstić information content (AvgIpc) is 2.69. The third kappa shape index (κ3) is 7.50. The van der Waals surface area contributed by atoms with Crippen molar-refractivity contribution in [1.29, 1.82) is 0 Å². The van der Waals surface area contributed by atoms with Gasteiger partial charge in [0.05, 0.1) is 12.1 Å². The molecule has 2 aromatic carbocycles. The minimum Gasteiger partial charge on any atom is -0.390 e. The molecule has 2 rings (SSSR count). The number of hydrogen-bond donors (Lipinski definition) is 3. The Morgan fingerprint density at radius 3 is 2.37 bits per heavy atom. The lowest BCUT2D eigenvalue weighted by Crippen LogP contribution is -2.48. The lowest BCUT2D eigenvalue weighted by Gasteiger charge is -2.27. The largest absolute Gasteiger partial charge is 0.390 e. The number of halogens is 2. The maximum Gasteiger partial charge on any atom is 0.217 e. The van der Waals surface area contributed by atoms with Gasteiger partial charge >= 0.3 is 0 Å². The number of hydrogen-bond acceptors (Lipinski definition) is 3. The van der Waals surface area contributed by atoms with E-state index in [2.05, 4.69) is 42.7 Å². The normalized spacial score (nSPS) is 14.2. The van der Waals surface area contributed by atoms with Crippen molar-refractivity contribution in [2.45, 2.75) is 64.6 Å². The zero-order chi connectivity index (χ0) is 22.1. The molecule has 1 amide bonds. The lowest BCUT2D eigenvalue weighted by molar-refractivity contribution is -0.120. The van der Waals surface area contributed by atoms with E-state index < -0.39 is 23.8 Å². The molecule has 2 aromatic rings. The van der Waals surface area contributed by atoms with Crippen LogP contribution in [0.15, 0.2) is 42.5 Å². The van der Waals surface area contributed by atoms with Crippen molar-refractivity contribution in [2.75, 3.05) is 6.54 Å². The van der Waals surface area contributed by atoms with E-state index in [1.807, 2.05) is 6.07 Å². The van der Waals surface area contributed by atoms with E-state index in [1.54, 1.807) is 0 Å². The Kier molecular flexibility index (Phi) is 9.40. The molecule has 0 heterocycles. The number of nitrogens with one attached hydrogen (secondary N) is 2. The number of aliphatic hydroxyl groups excluding tert-OH is 1. The standard InChI is InChI=1S/C24H32F2N2O2/c1-4-7-22(19-9-6-8-17(5-2)10-19)27-15-24(30)23(28-16(3)29)13-18-11-20(25)14-21(26)12-18/h6,8-12,14,22-24,27,30H,4-5,7,13,15H2,1-3H3,(H,28,29)/t22?,23-,24+/m0/s1. The van der Waals surface area contributed by atoms with Crippen LogP contribution in [0, 0.1) is 11.6 Å². The SMILES string of the molecule is CCCC(NC[C@@H](O)[C@H](Cc1cc(F)cc(F)c1)NC(C)=O)c1cccc(CC)c1.